The van der Waals surface area contributed by atoms with Crippen molar-refractivity contribution in [3.8, 4) is 34.5 Å². The van der Waals surface area contributed by atoms with Crippen LogP contribution in [0.5, 0.6) is 34.5 Å². The minimum atomic E-state index is -1.13. The third kappa shape index (κ3) is 24.8. The number of ether oxygens (including phenoxy) is 4. The summed E-state index contributed by atoms with van der Waals surface area (Å²) in [6, 6.07) is 62.1. The second kappa shape index (κ2) is 43.4. The third-order valence-electron chi connectivity index (χ3n) is 18.7. The highest BCUT2D eigenvalue weighted by Gasteiger charge is 2.42. The molecule has 608 valence electrons. The molecule has 0 unspecified atom stereocenters. The SMILES string of the molecule is CC[C@@H]1CN(C(=O)[C@H](c2ccc(F)cc2)N(C(=O)CCl)c2ccc(Oc3ccccc3)cc2)CCN1C(=O)OC(C)(C)C.C[C@H]1CN(C(=O)[C@@H](c2ccc(F)cc2)N(C(=O)CCl)c2ccc(Oc3ccccc3)cc2)CCN1.C[C@H]1CN(C(=O)[C@H](c2ccc(F)cc2)N(C(=O)CCl)c2ccc(Oc3ccccc3)cc2)CCN1.Cl.Cl. The van der Waals surface area contributed by atoms with Crippen molar-refractivity contribution in [2.45, 2.75) is 89.8 Å². The van der Waals surface area contributed by atoms with Crippen molar-refractivity contribution < 1.29 is 65.7 Å². The van der Waals surface area contributed by atoms with E-state index < -0.39 is 65.0 Å². The fraction of sp³-hybridized carbons (Fsp3) is 0.299. The molecular weight excluding hydrogens is 1580 g/mol. The third-order valence-corrected chi connectivity index (χ3v) is 19.4. The Bertz CT molecular complexity index is 4430. The predicted molar refractivity (Wildman–Crippen MR) is 447 cm³/mol. The summed E-state index contributed by atoms with van der Waals surface area (Å²) in [5, 5.41) is 6.63. The number of hydrogen-bond donors (Lipinski definition) is 2. The zero-order valence-corrected chi connectivity index (χ0v) is 68.3. The first kappa shape index (κ1) is 90.2. The Balaban J connectivity index is 0.000000215. The van der Waals surface area contributed by atoms with Crippen molar-refractivity contribution in [2.24, 2.45) is 0 Å². The molecule has 28 heteroatoms. The molecule has 7 amide bonds. The normalized spacial score (nSPS) is 15.9. The molecule has 3 aliphatic rings. The number of hydrogen-bond acceptors (Lipinski definition) is 13. The van der Waals surface area contributed by atoms with Crippen molar-refractivity contribution in [3.63, 3.8) is 0 Å². The molecule has 20 nitrogen and oxygen atoms in total. The van der Waals surface area contributed by atoms with Crippen LogP contribution in [0.4, 0.5) is 35.0 Å². The summed E-state index contributed by atoms with van der Waals surface area (Å²) in [7, 11) is 0. The van der Waals surface area contributed by atoms with Gasteiger partial charge in [0.15, 0.2) is 0 Å². The lowest BCUT2D eigenvalue weighted by atomic mass is 10.0. The second-order valence-corrected chi connectivity index (χ2v) is 28.9. The van der Waals surface area contributed by atoms with Gasteiger partial charge < -0.3 is 49.2 Å². The number of benzene rings is 9. The number of amides is 7. The summed E-state index contributed by atoms with van der Waals surface area (Å²) < 4.78 is 64.6. The van der Waals surface area contributed by atoms with Gasteiger partial charge in [0.25, 0.3) is 17.7 Å². The van der Waals surface area contributed by atoms with Crippen LogP contribution in [0.25, 0.3) is 0 Å². The number of carbonyl (C=O) groups is 7. The van der Waals surface area contributed by atoms with E-state index in [-0.39, 0.29) is 97.9 Å². The van der Waals surface area contributed by atoms with E-state index in [1.807, 2.05) is 133 Å². The van der Waals surface area contributed by atoms with Crippen LogP contribution < -0.4 is 39.5 Å². The van der Waals surface area contributed by atoms with Crippen LogP contribution in [0, 0.1) is 17.5 Å². The molecule has 3 heterocycles. The molecule has 0 spiro atoms. The van der Waals surface area contributed by atoms with Gasteiger partial charge in [-0.25, -0.2) is 18.0 Å². The summed E-state index contributed by atoms with van der Waals surface area (Å²) in [4.78, 5) is 105. The van der Waals surface area contributed by atoms with Gasteiger partial charge in [-0.3, -0.25) is 43.5 Å². The fourth-order valence-corrected chi connectivity index (χ4v) is 13.7. The van der Waals surface area contributed by atoms with Gasteiger partial charge in [-0.15, -0.1) is 59.6 Å². The second-order valence-electron chi connectivity index (χ2n) is 28.1. The number of piperazine rings is 3. The number of nitrogens with one attached hydrogen (secondary N) is 2. The van der Waals surface area contributed by atoms with E-state index in [0.29, 0.717) is 114 Å². The summed E-state index contributed by atoms with van der Waals surface area (Å²) in [6.45, 7) is 15.4. The number of rotatable bonds is 22. The number of halogens is 8. The molecule has 9 aromatic carbocycles. The first-order chi connectivity index (χ1) is 54.4. The molecule has 2 N–H and O–H groups in total. The Morgan fingerprint density at radius 1 is 0.409 bits per heavy atom. The first-order valence-electron chi connectivity index (χ1n) is 37.1. The Labute approximate surface area is 696 Å². The average molecular weight is 1680 g/mol. The molecule has 0 saturated carbocycles. The maximum absolute atomic E-state index is 14.3. The van der Waals surface area contributed by atoms with Gasteiger partial charge in [-0.1, -0.05) is 97.9 Å². The topological polar surface area (TPSA) is 203 Å². The Hall–Kier alpha value is -10.4. The molecule has 0 bridgehead atoms. The maximum Gasteiger partial charge on any atom is 0.410 e. The van der Waals surface area contributed by atoms with Crippen LogP contribution >= 0.6 is 59.6 Å². The van der Waals surface area contributed by atoms with Gasteiger partial charge in [-0.2, -0.15) is 0 Å². The fourth-order valence-electron chi connectivity index (χ4n) is 13.3. The minimum Gasteiger partial charge on any atom is -0.457 e. The zero-order valence-electron chi connectivity index (χ0n) is 64.4. The van der Waals surface area contributed by atoms with Gasteiger partial charge in [0.1, 0.15) is 93.3 Å². The van der Waals surface area contributed by atoms with E-state index in [2.05, 4.69) is 10.6 Å². The largest absolute Gasteiger partial charge is 0.457 e. The lowest BCUT2D eigenvalue weighted by Gasteiger charge is -2.43. The van der Waals surface area contributed by atoms with Crippen molar-refractivity contribution in [1.29, 1.82) is 0 Å². The van der Waals surface area contributed by atoms with E-state index in [1.54, 1.807) is 92.4 Å². The summed E-state index contributed by atoms with van der Waals surface area (Å²) in [5.41, 5.74) is 2.19. The number of carbonyl (C=O) groups excluding carboxylic acids is 7. The van der Waals surface area contributed by atoms with Gasteiger partial charge in [0.05, 0.1) is 6.04 Å². The molecule has 12 rings (SSSR count). The molecule has 3 saturated heterocycles. The smallest absolute Gasteiger partial charge is 0.410 e. The van der Waals surface area contributed by atoms with Crippen molar-refractivity contribution >= 4 is 118 Å². The van der Waals surface area contributed by atoms with Crippen LogP contribution in [0.2, 0.25) is 0 Å². The highest BCUT2D eigenvalue weighted by molar-refractivity contribution is 6.31. The number of nitrogens with zero attached hydrogens (tertiary/aromatic N) is 7. The molecular formula is C87H93Cl5F3N9O11. The summed E-state index contributed by atoms with van der Waals surface area (Å²) in [5.74, 6) is -0.817. The highest BCUT2D eigenvalue weighted by atomic mass is 35.5. The quantitative estimate of drug-likeness (QED) is 0.0607. The molecule has 0 radical (unpaired) electrons. The van der Waals surface area contributed by atoms with Crippen LogP contribution in [0.3, 0.4) is 0 Å². The van der Waals surface area contributed by atoms with Gasteiger partial charge >= 0.3 is 6.09 Å². The van der Waals surface area contributed by atoms with Crippen LogP contribution in [-0.2, 0) is 33.5 Å². The van der Waals surface area contributed by atoms with Crippen molar-refractivity contribution in [1.82, 2.24) is 30.2 Å². The molecule has 9 aromatic rings. The lowest BCUT2D eigenvalue weighted by Crippen LogP contribution is -2.59. The number of para-hydroxylation sites is 3. The molecule has 3 fully saturated rings. The van der Waals surface area contributed by atoms with Crippen molar-refractivity contribution in [3.05, 3.63) is 271 Å². The van der Waals surface area contributed by atoms with Crippen LogP contribution in [-0.4, -0.2) is 161 Å². The number of alkyl halides is 3. The number of anilines is 3. The maximum atomic E-state index is 14.3. The highest BCUT2D eigenvalue weighted by Crippen LogP contribution is 2.38. The first-order valence-corrected chi connectivity index (χ1v) is 38.7. The predicted octanol–water partition coefficient (Wildman–Crippen LogP) is 17.1. The minimum absolute atomic E-state index is 0. The van der Waals surface area contributed by atoms with E-state index in [1.165, 1.54) is 87.5 Å². The molecule has 115 heavy (non-hydrogen) atoms. The van der Waals surface area contributed by atoms with Gasteiger partial charge in [0.2, 0.25) is 17.7 Å². The molecule has 0 aliphatic carbocycles. The van der Waals surface area contributed by atoms with Gasteiger partial charge in [-0.05, 0) is 203 Å². The van der Waals surface area contributed by atoms with E-state index in [4.69, 9.17) is 53.8 Å². The molecule has 0 aromatic heterocycles. The van der Waals surface area contributed by atoms with Crippen LogP contribution in [0.1, 0.15) is 82.8 Å². The molecule has 3 aliphatic heterocycles. The standard InChI is InChI=1S/C33H37ClFN3O5.2C27H27ClFN3O3.2ClH/c1-5-25-22-36(19-20-37(25)32(41)43-33(2,3)4)31(40)30(23-11-13-24(35)14-12-23)38(29(39)21-34)26-15-17-28(18-16-26)42-27-9-7-6-8-10-27;2*1-19-18-31(16-15-30-19)27(34)26(20-7-9-21(29)10-8-20)32(25(33)17-28)22-11-13-24(14-12-22)35-23-5-3-2-4-6-23;;/h6-18,25,30H,5,19-22H2,1-4H3;2*2-14,19,26,30H,15-18H2,1H3;2*1H/t25-,30+;19-,26+;19-,26-;;/m100../s1. The Kier molecular flexibility index (Phi) is 34.0. The zero-order chi connectivity index (χ0) is 80.7. The van der Waals surface area contributed by atoms with Gasteiger partial charge in [0, 0.05) is 88.0 Å². The molecule has 6 atom stereocenters. The van der Waals surface area contributed by atoms with E-state index in [9.17, 15) is 46.7 Å². The van der Waals surface area contributed by atoms with E-state index >= 15 is 0 Å². The lowest BCUT2D eigenvalue weighted by molar-refractivity contribution is -0.137. The average Bonchev–Trinajstić information content (AvgIpc) is 0.793. The summed E-state index contributed by atoms with van der Waals surface area (Å²) in [6.07, 6.45) is 0.163. The summed E-state index contributed by atoms with van der Waals surface area (Å²) >= 11 is 18.1. The van der Waals surface area contributed by atoms with E-state index in [0.717, 1.165) is 0 Å². The Morgan fingerprint density at radius 3 is 0.948 bits per heavy atom. The van der Waals surface area contributed by atoms with Crippen LogP contribution in [0.15, 0.2) is 237 Å². The van der Waals surface area contributed by atoms with Crippen molar-refractivity contribution in [2.75, 3.05) is 91.2 Å². The monoisotopic (exact) mass is 1670 g/mol. The Morgan fingerprint density at radius 2 is 0.687 bits per heavy atom.